The maximum absolute atomic E-state index is 12.3. The summed E-state index contributed by atoms with van der Waals surface area (Å²) < 4.78 is 37.5. The number of aromatic nitrogens is 2. The largest absolute Gasteiger partial charge is 0.494 e. The standard InChI is InChI=1S/C11H15F3N2O3/c1-3-4-7-8(17)15-10(19)16(9(7)18)6(2)5-11(12,13)14/h6,18H,3-5H2,1-2H3,(H,15,17,19). The number of alkyl halides is 3. The first-order valence-electron chi connectivity index (χ1n) is 5.80. The van der Waals surface area contributed by atoms with Crippen LogP contribution in [0.15, 0.2) is 9.59 Å². The zero-order chi connectivity index (χ0) is 14.8. The molecule has 5 nitrogen and oxygen atoms in total. The summed E-state index contributed by atoms with van der Waals surface area (Å²) in [5, 5.41) is 9.82. The van der Waals surface area contributed by atoms with Crippen molar-refractivity contribution in [2.45, 2.75) is 45.3 Å². The lowest BCUT2D eigenvalue weighted by Gasteiger charge is -2.19. The molecular formula is C11H15F3N2O3. The van der Waals surface area contributed by atoms with Crippen molar-refractivity contribution in [2.24, 2.45) is 0 Å². The molecule has 0 saturated heterocycles. The number of aromatic amines is 1. The first-order chi connectivity index (χ1) is 8.67. The molecule has 108 valence electrons. The predicted molar refractivity (Wildman–Crippen MR) is 62.4 cm³/mol. The lowest BCUT2D eigenvalue weighted by Crippen LogP contribution is -2.35. The zero-order valence-electron chi connectivity index (χ0n) is 10.5. The summed E-state index contributed by atoms with van der Waals surface area (Å²) in [5.41, 5.74) is -1.88. The monoisotopic (exact) mass is 280 g/mol. The first kappa shape index (κ1) is 15.3. The molecule has 2 N–H and O–H groups in total. The van der Waals surface area contributed by atoms with Gasteiger partial charge in [0.1, 0.15) is 0 Å². The first-order valence-corrected chi connectivity index (χ1v) is 5.80. The highest BCUT2D eigenvalue weighted by Gasteiger charge is 2.32. The van der Waals surface area contributed by atoms with Crippen LogP contribution in [0.3, 0.4) is 0 Å². The average Bonchev–Trinajstić information content (AvgIpc) is 2.21. The summed E-state index contributed by atoms with van der Waals surface area (Å²) in [6, 6.07) is -1.29. The topological polar surface area (TPSA) is 75.1 Å². The molecule has 0 aliphatic rings. The molecule has 0 spiro atoms. The smallest absolute Gasteiger partial charge is 0.391 e. The maximum Gasteiger partial charge on any atom is 0.391 e. The van der Waals surface area contributed by atoms with Gasteiger partial charge in [-0.2, -0.15) is 13.2 Å². The fraction of sp³-hybridized carbons (Fsp3) is 0.636. The van der Waals surface area contributed by atoms with Crippen LogP contribution in [0.25, 0.3) is 0 Å². The van der Waals surface area contributed by atoms with Gasteiger partial charge in [0.15, 0.2) is 0 Å². The van der Waals surface area contributed by atoms with E-state index in [2.05, 4.69) is 0 Å². The number of H-pyrrole nitrogens is 1. The Balaban J connectivity index is 3.32. The molecule has 8 heteroatoms. The molecular weight excluding hydrogens is 265 g/mol. The van der Waals surface area contributed by atoms with Crippen LogP contribution in [0.4, 0.5) is 13.2 Å². The molecule has 19 heavy (non-hydrogen) atoms. The van der Waals surface area contributed by atoms with Crippen LogP contribution in [-0.4, -0.2) is 20.8 Å². The number of halogens is 3. The zero-order valence-corrected chi connectivity index (χ0v) is 10.5. The van der Waals surface area contributed by atoms with Crippen LogP contribution in [0.1, 0.15) is 38.3 Å². The van der Waals surface area contributed by atoms with Gasteiger partial charge in [0.25, 0.3) is 5.56 Å². The molecule has 0 saturated carbocycles. The van der Waals surface area contributed by atoms with Gasteiger partial charge < -0.3 is 5.11 Å². The van der Waals surface area contributed by atoms with Crippen LogP contribution < -0.4 is 11.2 Å². The van der Waals surface area contributed by atoms with E-state index in [1.807, 2.05) is 4.98 Å². The van der Waals surface area contributed by atoms with Gasteiger partial charge in [-0.3, -0.25) is 14.3 Å². The average molecular weight is 280 g/mol. The second-order valence-electron chi connectivity index (χ2n) is 4.35. The fourth-order valence-corrected chi connectivity index (χ4v) is 1.89. The lowest BCUT2D eigenvalue weighted by molar-refractivity contribution is -0.142. The van der Waals surface area contributed by atoms with Crippen LogP contribution in [0.5, 0.6) is 5.88 Å². The normalized spacial score (nSPS) is 13.5. The Labute approximate surface area is 106 Å². The lowest BCUT2D eigenvalue weighted by atomic mass is 10.1. The Morgan fingerprint density at radius 3 is 2.42 bits per heavy atom. The van der Waals surface area contributed by atoms with Gasteiger partial charge in [0.2, 0.25) is 5.88 Å². The van der Waals surface area contributed by atoms with E-state index in [9.17, 15) is 27.9 Å². The van der Waals surface area contributed by atoms with Gasteiger partial charge >= 0.3 is 11.9 Å². The van der Waals surface area contributed by atoms with E-state index in [0.29, 0.717) is 11.0 Å². The maximum atomic E-state index is 12.3. The van der Waals surface area contributed by atoms with E-state index in [1.54, 1.807) is 6.92 Å². The molecule has 0 amide bonds. The molecule has 0 aromatic carbocycles. The third-order valence-electron chi connectivity index (χ3n) is 2.68. The van der Waals surface area contributed by atoms with Gasteiger partial charge in [0.05, 0.1) is 12.0 Å². The van der Waals surface area contributed by atoms with E-state index in [-0.39, 0.29) is 12.0 Å². The number of hydrogen-bond donors (Lipinski definition) is 2. The van der Waals surface area contributed by atoms with Crippen molar-refractivity contribution in [1.29, 1.82) is 0 Å². The molecule has 1 aromatic heterocycles. The van der Waals surface area contributed by atoms with Crippen molar-refractivity contribution in [3.8, 4) is 5.88 Å². The van der Waals surface area contributed by atoms with Crippen molar-refractivity contribution < 1.29 is 18.3 Å². The van der Waals surface area contributed by atoms with Crippen molar-refractivity contribution in [3.05, 3.63) is 26.4 Å². The highest BCUT2D eigenvalue weighted by atomic mass is 19.4. The quantitative estimate of drug-likeness (QED) is 0.881. The molecule has 1 atom stereocenters. The molecule has 1 aromatic rings. The highest BCUT2D eigenvalue weighted by molar-refractivity contribution is 5.23. The van der Waals surface area contributed by atoms with Gasteiger partial charge in [-0.25, -0.2) is 4.79 Å². The number of nitrogens with zero attached hydrogens (tertiary/aromatic N) is 1. The Kier molecular flexibility index (Phi) is 4.43. The van der Waals surface area contributed by atoms with Crippen molar-refractivity contribution in [1.82, 2.24) is 9.55 Å². The van der Waals surface area contributed by atoms with E-state index < -0.39 is 35.8 Å². The minimum Gasteiger partial charge on any atom is -0.494 e. The number of nitrogens with one attached hydrogen (secondary N) is 1. The molecule has 1 heterocycles. The molecule has 0 fully saturated rings. The van der Waals surface area contributed by atoms with Crippen LogP contribution >= 0.6 is 0 Å². The van der Waals surface area contributed by atoms with Crippen molar-refractivity contribution in [3.63, 3.8) is 0 Å². The van der Waals surface area contributed by atoms with E-state index >= 15 is 0 Å². The molecule has 1 unspecified atom stereocenters. The summed E-state index contributed by atoms with van der Waals surface area (Å²) in [5.74, 6) is -0.688. The van der Waals surface area contributed by atoms with Crippen LogP contribution in [0, 0.1) is 0 Å². The second kappa shape index (κ2) is 5.50. The highest BCUT2D eigenvalue weighted by Crippen LogP contribution is 2.29. The molecule has 0 aliphatic heterocycles. The minimum absolute atomic E-state index is 0.0730. The van der Waals surface area contributed by atoms with Crippen LogP contribution in [-0.2, 0) is 6.42 Å². The summed E-state index contributed by atoms with van der Waals surface area (Å²) in [7, 11) is 0. The summed E-state index contributed by atoms with van der Waals surface area (Å²) in [6.07, 6.45) is -5.03. The van der Waals surface area contributed by atoms with Crippen molar-refractivity contribution >= 4 is 0 Å². The third-order valence-corrected chi connectivity index (χ3v) is 2.68. The Bertz CT molecular complexity index is 560. The minimum atomic E-state index is -4.47. The van der Waals surface area contributed by atoms with Gasteiger partial charge in [-0.05, 0) is 13.3 Å². The van der Waals surface area contributed by atoms with Gasteiger partial charge in [0, 0.05) is 6.04 Å². The summed E-state index contributed by atoms with van der Waals surface area (Å²) >= 11 is 0. The van der Waals surface area contributed by atoms with Crippen molar-refractivity contribution in [2.75, 3.05) is 0 Å². The summed E-state index contributed by atoms with van der Waals surface area (Å²) in [4.78, 5) is 24.9. The Morgan fingerprint density at radius 1 is 1.37 bits per heavy atom. The second-order valence-corrected chi connectivity index (χ2v) is 4.35. The van der Waals surface area contributed by atoms with E-state index in [1.165, 1.54) is 0 Å². The van der Waals surface area contributed by atoms with Gasteiger partial charge in [-0.1, -0.05) is 13.3 Å². The van der Waals surface area contributed by atoms with E-state index in [0.717, 1.165) is 6.92 Å². The van der Waals surface area contributed by atoms with Crippen LogP contribution in [0.2, 0.25) is 0 Å². The molecule has 0 radical (unpaired) electrons. The predicted octanol–water partition coefficient (Wildman–Crippen LogP) is 1.71. The number of hydrogen-bond acceptors (Lipinski definition) is 3. The molecule has 0 bridgehead atoms. The molecule has 1 rings (SSSR count). The SMILES string of the molecule is CCCc1c(O)n(C(C)CC(F)(F)F)c(=O)[nH]c1=O. The van der Waals surface area contributed by atoms with Gasteiger partial charge in [-0.15, -0.1) is 0 Å². The summed E-state index contributed by atoms with van der Waals surface area (Å²) in [6.45, 7) is 2.90. The number of aromatic hydroxyl groups is 1. The molecule has 0 aliphatic carbocycles. The Morgan fingerprint density at radius 2 is 1.95 bits per heavy atom. The fourth-order valence-electron chi connectivity index (χ4n) is 1.89. The van der Waals surface area contributed by atoms with E-state index in [4.69, 9.17) is 0 Å². The Hall–Kier alpha value is -1.73. The number of rotatable bonds is 4. The third kappa shape index (κ3) is 3.62.